The fourth-order valence-corrected chi connectivity index (χ4v) is 3.95. The van der Waals surface area contributed by atoms with E-state index in [1.54, 1.807) is 11.3 Å². The summed E-state index contributed by atoms with van der Waals surface area (Å²) in [5, 5.41) is 3.39. The maximum atomic E-state index is 11.9. The van der Waals surface area contributed by atoms with Crippen molar-refractivity contribution in [3.05, 3.63) is 53.0 Å². The summed E-state index contributed by atoms with van der Waals surface area (Å²) in [6, 6.07) is 14.6. The zero-order valence-electron chi connectivity index (χ0n) is 10.9. The van der Waals surface area contributed by atoms with Gasteiger partial charge in [0.25, 0.3) is 0 Å². The predicted molar refractivity (Wildman–Crippen MR) is 82.3 cm³/mol. The molecule has 1 heterocycles. The van der Waals surface area contributed by atoms with E-state index in [9.17, 15) is 4.79 Å². The molecule has 0 bridgehead atoms. The number of carbonyl (C=O) groups is 1. The van der Waals surface area contributed by atoms with E-state index in [-0.39, 0.29) is 5.78 Å². The molecule has 1 aliphatic rings. The van der Waals surface area contributed by atoms with Gasteiger partial charge in [-0.2, -0.15) is 0 Å². The van der Waals surface area contributed by atoms with Gasteiger partial charge in [0.05, 0.1) is 0 Å². The standard InChI is InChI=1S/C17H13NOS/c19-14-9-4-10-15-16(14)18-17(20-15)13-8-3-6-11-5-1-2-7-12(11)13/h1-3,5-8H,4,9-10H2. The number of carbonyl (C=O) groups excluding carboxylic acids is 1. The van der Waals surface area contributed by atoms with Crippen LogP contribution < -0.4 is 0 Å². The van der Waals surface area contributed by atoms with E-state index in [0.717, 1.165) is 28.3 Å². The number of aryl methyl sites for hydroxylation is 1. The van der Waals surface area contributed by atoms with Crippen molar-refractivity contribution in [3.63, 3.8) is 0 Å². The summed E-state index contributed by atoms with van der Waals surface area (Å²) >= 11 is 1.68. The highest BCUT2D eigenvalue weighted by Crippen LogP contribution is 2.35. The van der Waals surface area contributed by atoms with Gasteiger partial charge in [-0.25, -0.2) is 4.98 Å². The van der Waals surface area contributed by atoms with Crippen molar-refractivity contribution in [3.8, 4) is 10.6 Å². The number of ketones is 1. The Bertz CT molecular complexity index is 813. The van der Waals surface area contributed by atoms with Crippen LogP contribution in [0.4, 0.5) is 0 Å². The SMILES string of the molecule is O=C1CCCc2sc(-c3cccc4ccccc34)nc21. The summed E-state index contributed by atoms with van der Waals surface area (Å²) in [6.45, 7) is 0. The fraction of sp³-hybridized carbons (Fsp3) is 0.176. The quantitative estimate of drug-likeness (QED) is 0.657. The van der Waals surface area contributed by atoms with Crippen LogP contribution in [-0.2, 0) is 6.42 Å². The minimum atomic E-state index is 0.203. The van der Waals surface area contributed by atoms with Gasteiger partial charge in [0, 0.05) is 16.9 Å². The molecule has 20 heavy (non-hydrogen) atoms. The van der Waals surface area contributed by atoms with Crippen molar-refractivity contribution < 1.29 is 4.79 Å². The first-order valence-corrected chi connectivity index (χ1v) is 7.65. The molecule has 0 spiro atoms. The number of fused-ring (bicyclic) bond motifs is 2. The lowest BCUT2D eigenvalue weighted by molar-refractivity contribution is 0.0968. The molecule has 4 rings (SSSR count). The number of hydrogen-bond acceptors (Lipinski definition) is 3. The van der Waals surface area contributed by atoms with E-state index < -0.39 is 0 Å². The summed E-state index contributed by atoms with van der Waals surface area (Å²) in [7, 11) is 0. The molecule has 0 saturated carbocycles. The molecule has 0 amide bonds. The van der Waals surface area contributed by atoms with E-state index in [2.05, 4.69) is 35.3 Å². The molecule has 0 fully saturated rings. The van der Waals surface area contributed by atoms with Crippen LogP contribution >= 0.6 is 11.3 Å². The van der Waals surface area contributed by atoms with Gasteiger partial charge in [0.15, 0.2) is 5.78 Å². The van der Waals surface area contributed by atoms with E-state index >= 15 is 0 Å². The Morgan fingerprint density at radius 2 is 1.85 bits per heavy atom. The molecule has 0 aliphatic heterocycles. The van der Waals surface area contributed by atoms with Crippen molar-refractivity contribution in [2.24, 2.45) is 0 Å². The predicted octanol–water partition coefficient (Wildman–Crippen LogP) is 4.48. The maximum Gasteiger partial charge on any atom is 0.182 e. The largest absolute Gasteiger partial charge is 0.292 e. The third-order valence-corrected chi connectivity index (χ3v) is 4.94. The minimum Gasteiger partial charge on any atom is -0.292 e. The van der Waals surface area contributed by atoms with Gasteiger partial charge < -0.3 is 0 Å². The van der Waals surface area contributed by atoms with Crippen LogP contribution in [0, 0.1) is 0 Å². The topological polar surface area (TPSA) is 30.0 Å². The van der Waals surface area contributed by atoms with Gasteiger partial charge in [0.2, 0.25) is 0 Å². The van der Waals surface area contributed by atoms with E-state index in [4.69, 9.17) is 0 Å². The summed E-state index contributed by atoms with van der Waals surface area (Å²) in [5.74, 6) is 0.203. The Hall–Kier alpha value is -2.00. The van der Waals surface area contributed by atoms with Crippen LogP contribution in [0.5, 0.6) is 0 Å². The van der Waals surface area contributed by atoms with Crippen LogP contribution in [0.25, 0.3) is 21.3 Å². The molecule has 1 aliphatic carbocycles. The highest BCUT2D eigenvalue weighted by molar-refractivity contribution is 7.15. The van der Waals surface area contributed by atoms with Gasteiger partial charge in [-0.3, -0.25) is 4.79 Å². The summed E-state index contributed by atoms with van der Waals surface area (Å²) in [6.07, 6.45) is 2.60. The number of Topliss-reactive ketones (excluding diaryl/α,β-unsaturated/α-hetero) is 1. The average Bonchev–Trinajstić information content (AvgIpc) is 2.92. The fourth-order valence-electron chi connectivity index (χ4n) is 2.79. The van der Waals surface area contributed by atoms with Gasteiger partial charge >= 0.3 is 0 Å². The van der Waals surface area contributed by atoms with Gasteiger partial charge in [-0.15, -0.1) is 11.3 Å². The summed E-state index contributed by atoms with van der Waals surface area (Å²) < 4.78 is 0. The first-order valence-electron chi connectivity index (χ1n) is 6.84. The Morgan fingerprint density at radius 3 is 2.75 bits per heavy atom. The van der Waals surface area contributed by atoms with Crippen LogP contribution in [0.3, 0.4) is 0 Å². The van der Waals surface area contributed by atoms with Crippen LogP contribution in [-0.4, -0.2) is 10.8 Å². The lowest BCUT2D eigenvalue weighted by Crippen LogP contribution is -2.08. The third kappa shape index (κ3) is 1.78. The third-order valence-electron chi connectivity index (χ3n) is 3.79. The van der Waals surface area contributed by atoms with Crippen LogP contribution in [0.1, 0.15) is 28.2 Å². The van der Waals surface area contributed by atoms with Gasteiger partial charge in [-0.1, -0.05) is 42.5 Å². The molecule has 0 N–H and O–H groups in total. The lowest BCUT2D eigenvalue weighted by Gasteiger charge is -2.06. The monoisotopic (exact) mass is 279 g/mol. The molecule has 3 heteroatoms. The molecule has 0 unspecified atom stereocenters. The number of aromatic nitrogens is 1. The van der Waals surface area contributed by atoms with Gasteiger partial charge in [0.1, 0.15) is 10.7 Å². The number of nitrogens with zero attached hydrogens (tertiary/aromatic N) is 1. The van der Waals surface area contributed by atoms with Gasteiger partial charge in [-0.05, 0) is 23.6 Å². The smallest absolute Gasteiger partial charge is 0.182 e. The van der Waals surface area contributed by atoms with Crippen molar-refractivity contribution >= 4 is 27.9 Å². The summed E-state index contributed by atoms with van der Waals surface area (Å²) in [5.41, 5.74) is 1.85. The molecule has 2 aromatic carbocycles. The Labute approximate surface area is 121 Å². The molecular weight excluding hydrogens is 266 g/mol. The molecule has 3 aromatic rings. The Kier molecular flexibility index (Phi) is 2.67. The highest BCUT2D eigenvalue weighted by Gasteiger charge is 2.23. The Balaban J connectivity index is 1.94. The van der Waals surface area contributed by atoms with E-state index in [1.165, 1.54) is 10.8 Å². The van der Waals surface area contributed by atoms with E-state index in [1.807, 2.05) is 12.1 Å². The lowest BCUT2D eigenvalue weighted by atomic mass is 10.0. The Morgan fingerprint density at radius 1 is 1.00 bits per heavy atom. The zero-order chi connectivity index (χ0) is 13.5. The van der Waals surface area contributed by atoms with Crippen molar-refractivity contribution in [1.82, 2.24) is 4.98 Å². The minimum absolute atomic E-state index is 0.203. The molecule has 98 valence electrons. The highest BCUT2D eigenvalue weighted by atomic mass is 32.1. The maximum absolute atomic E-state index is 11.9. The normalized spacial score (nSPS) is 14.5. The molecular formula is C17H13NOS. The number of thiazole rings is 1. The molecule has 0 radical (unpaired) electrons. The van der Waals surface area contributed by atoms with Crippen molar-refractivity contribution in [2.45, 2.75) is 19.3 Å². The second-order valence-corrected chi connectivity index (χ2v) is 6.18. The number of hydrogen-bond donors (Lipinski definition) is 0. The first kappa shape index (κ1) is 11.8. The van der Waals surface area contributed by atoms with Crippen LogP contribution in [0.15, 0.2) is 42.5 Å². The van der Waals surface area contributed by atoms with Crippen molar-refractivity contribution in [2.75, 3.05) is 0 Å². The number of rotatable bonds is 1. The molecule has 1 aromatic heterocycles. The molecule has 0 atom stereocenters. The average molecular weight is 279 g/mol. The second-order valence-electron chi connectivity index (χ2n) is 5.09. The molecule has 0 saturated heterocycles. The number of benzene rings is 2. The van der Waals surface area contributed by atoms with Crippen molar-refractivity contribution in [1.29, 1.82) is 0 Å². The second kappa shape index (κ2) is 4.53. The zero-order valence-corrected chi connectivity index (χ0v) is 11.7. The summed E-state index contributed by atoms with van der Waals surface area (Å²) in [4.78, 5) is 17.7. The van der Waals surface area contributed by atoms with Crippen LogP contribution in [0.2, 0.25) is 0 Å². The van der Waals surface area contributed by atoms with E-state index in [0.29, 0.717) is 12.1 Å². The first-order chi connectivity index (χ1) is 9.83. The molecule has 2 nitrogen and oxygen atoms in total.